The number of hydrogen-bond acceptors (Lipinski definition) is 6. The molecule has 2 aromatic carbocycles. The number of thiazole rings is 1. The summed E-state index contributed by atoms with van der Waals surface area (Å²) in [5.74, 6) is 2.98. The third-order valence-corrected chi connectivity index (χ3v) is 8.62. The molecule has 0 N–H and O–H groups in total. The maximum atomic E-state index is 13.6. The highest BCUT2D eigenvalue weighted by atomic mass is 32.1. The van der Waals surface area contributed by atoms with Gasteiger partial charge in [0.15, 0.2) is 5.69 Å². The van der Waals surface area contributed by atoms with Gasteiger partial charge in [0.2, 0.25) is 4.80 Å². The molecule has 1 saturated carbocycles. The Morgan fingerprint density at radius 1 is 1.05 bits per heavy atom. The van der Waals surface area contributed by atoms with Gasteiger partial charge in [-0.15, -0.1) is 11.3 Å². The minimum absolute atomic E-state index is 0.177. The second kappa shape index (κ2) is 10.2. The normalized spacial score (nSPS) is 20.4. The Labute approximate surface area is 230 Å². The van der Waals surface area contributed by atoms with Crippen LogP contribution in [0.25, 0.3) is 16.9 Å². The van der Waals surface area contributed by atoms with E-state index in [0.29, 0.717) is 39.7 Å². The standard InChI is InChI=1S/C30H31N5O3S/c1-19-28(29(36)35(33(19)2)23-8-6-5-7-9-23)32-30-34(31-17-22-15-20-10-11-21(22)14-20)26(18-39-30)25-16-24(37-3)12-13-27(25)38-4/h5-13,16-18,20-22H,14-15H2,1-4H3. The fourth-order valence-corrected chi connectivity index (χ4v) is 6.45. The van der Waals surface area contributed by atoms with Crippen LogP contribution in [0.4, 0.5) is 5.69 Å². The molecular weight excluding hydrogens is 510 g/mol. The van der Waals surface area contributed by atoms with E-state index in [-0.39, 0.29) is 5.56 Å². The van der Waals surface area contributed by atoms with Gasteiger partial charge in [0.1, 0.15) is 11.5 Å². The van der Waals surface area contributed by atoms with E-state index in [2.05, 4.69) is 18.4 Å². The van der Waals surface area contributed by atoms with Crippen molar-refractivity contribution < 1.29 is 9.47 Å². The van der Waals surface area contributed by atoms with Crippen LogP contribution in [0.3, 0.4) is 0 Å². The molecule has 0 spiro atoms. The van der Waals surface area contributed by atoms with Gasteiger partial charge in [0.05, 0.1) is 31.3 Å². The summed E-state index contributed by atoms with van der Waals surface area (Å²) >= 11 is 1.44. The molecule has 9 heteroatoms. The van der Waals surface area contributed by atoms with E-state index in [1.807, 2.05) is 77.2 Å². The summed E-state index contributed by atoms with van der Waals surface area (Å²) in [6.07, 6.45) is 9.01. The van der Waals surface area contributed by atoms with Gasteiger partial charge in [-0.05, 0) is 61.9 Å². The smallest absolute Gasteiger partial charge is 0.297 e. The summed E-state index contributed by atoms with van der Waals surface area (Å²) in [6.45, 7) is 1.91. The first-order chi connectivity index (χ1) is 19.0. The molecule has 1 fully saturated rings. The van der Waals surface area contributed by atoms with Crippen LogP contribution in [0.15, 0.2) is 81.0 Å². The molecule has 6 rings (SSSR count). The van der Waals surface area contributed by atoms with Gasteiger partial charge in [-0.3, -0.25) is 9.48 Å². The zero-order valence-corrected chi connectivity index (χ0v) is 23.3. The zero-order chi connectivity index (χ0) is 27.1. The summed E-state index contributed by atoms with van der Waals surface area (Å²) in [5.41, 5.74) is 3.43. The van der Waals surface area contributed by atoms with Crippen LogP contribution in [0.2, 0.25) is 0 Å². The molecule has 0 amide bonds. The number of para-hydroxylation sites is 1. The highest BCUT2D eigenvalue weighted by Gasteiger charge is 2.34. The second-order valence-corrected chi connectivity index (χ2v) is 10.8. The first-order valence-corrected chi connectivity index (χ1v) is 13.9. The van der Waals surface area contributed by atoms with E-state index in [1.165, 1.54) is 17.8 Å². The summed E-state index contributed by atoms with van der Waals surface area (Å²) in [5, 5.41) is 6.98. The van der Waals surface area contributed by atoms with Crippen molar-refractivity contribution in [2.45, 2.75) is 19.8 Å². The van der Waals surface area contributed by atoms with Crippen LogP contribution >= 0.6 is 11.3 Å². The molecule has 4 aromatic rings. The minimum atomic E-state index is -0.177. The maximum Gasteiger partial charge on any atom is 0.297 e. The molecular formula is C30H31N5O3S. The number of methoxy groups -OCH3 is 2. The van der Waals surface area contributed by atoms with Gasteiger partial charge in [-0.25, -0.2) is 14.4 Å². The van der Waals surface area contributed by atoms with Crippen molar-refractivity contribution in [3.05, 3.63) is 86.9 Å². The van der Waals surface area contributed by atoms with Crippen molar-refractivity contribution in [3.63, 3.8) is 0 Å². The molecule has 0 radical (unpaired) electrons. The molecule has 39 heavy (non-hydrogen) atoms. The van der Waals surface area contributed by atoms with Crippen LogP contribution in [0, 0.1) is 24.7 Å². The number of aromatic nitrogens is 3. The van der Waals surface area contributed by atoms with Gasteiger partial charge in [-0.2, -0.15) is 5.10 Å². The van der Waals surface area contributed by atoms with Crippen LogP contribution in [0.5, 0.6) is 11.5 Å². The van der Waals surface area contributed by atoms with Crippen LogP contribution < -0.4 is 19.8 Å². The van der Waals surface area contributed by atoms with E-state index < -0.39 is 0 Å². The third kappa shape index (κ3) is 4.46. The zero-order valence-electron chi connectivity index (χ0n) is 22.4. The number of allylic oxidation sites excluding steroid dienone is 2. The Morgan fingerprint density at radius 2 is 1.87 bits per heavy atom. The SMILES string of the molecule is COc1ccc(OC)c(-c2csc(=Nc3c(C)n(C)n(-c4ccccc4)c3=O)n2N=CC2CC3C=CC2C3)c1. The fraction of sp³-hybridized carbons (Fsp3) is 0.300. The van der Waals surface area contributed by atoms with E-state index in [4.69, 9.17) is 19.6 Å². The van der Waals surface area contributed by atoms with Crippen molar-refractivity contribution in [1.29, 1.82) is 0 Å². The fourth-order valence-electron chi connectivity index (χ4n) is 5.61. The number of rotatable bonds is 7. The Bertz CT molecular complexity index is 1710. The Balaban J connectivity index is 1.52. The molecule has 2 bridgehead atoms. The van der Waals surface area contributed by atoms with Crippen molar-refractivity contribution >= 4 is 23.2 Å². The predicted molar refractivity (Wildman–Crippen MR) is 155 cm³/mol. The van der Waals surface area contributed by atoms with Crippen molar-refractivity contribution in [2.24, 2.45) is 34.9 Å². The van der Waals surface area contributed by atoms with E-state index in [0.717, 1.165) is 29.1 Å². The molecule has 2 aliphatic carbocycles. The quantitative estimate of drug-likeness (QED) is 0.235. The average molecular weight is 542 g/mol. The molecule has 2 heterocycles. The number of benzene rings is 2. The van der Waals surface area contributed by atoms with Crippen LogP contribution in [0.1, 0.15) is 18.5 Å². The molecule has 0 saturated heterocycles. The average Bonchev–Trinajstić information content (AvgIpc) is 3.73. The highest BCUT2D eigenvalue weighted by Crippen LogP contribution is 2.42. The first-order valence-electron chi connectivity index (χ1n) is 13.0. The Morgan fingerprint density at radius 3 is 2.56 bits per heavy atom. The maximum absolute atomic E-state index is 13.6. The van der Waals surface area contributed by atoms with Crippen molar-refractivity contribution in [2.75, 3.05) is 14.2 Å². The summed E-state index contributed by atoms with van der Waals surface area (Å²) < 4.78 is 16.5. The molecule has 3 atom stereocenters. The number of hydrogen-bond donors (Lipinski definition) is 0. The first kappa shape index (κ1) is 25.2. The molecule has 200 valence electrons. The van der Waals surface area contributed by atoms with Crippen LogP contribution in [-0.2, 0) is 7.05 Å². The molecule has 3 unspecified atom stereocenters. The number of ether oxygens (including phenoxy) is 2. The summed E-state index contributed by atoms with van der Waals surface area (Å²) in [4.78, 5) is 19.1. The second-order valence-electron chi connectivity index (χ2n) is 10.0. The minimum Gasteiger partial charge on any atom is -0.497 e. The topological polar surface area (TPSA) is 75.0 Å². The van der Waals surface area contributed by atoms with E-state index in [9.17, 15) is 4.79 Å². The van der Waals surface area contributed by atoms with Gasteiger partial charge < -0.3 is 9.47 Å². The highest BCUT2D eigenvalue weighted by molar-refractivity contribution is 7.07. The lowest BCUT2D eigenvalue weighted by Gasteiger charge is -2.13. The predicted octanol–water partition coefficient (Wildman–Crippen LogP) is 5.31. The van der Waals surface area contributed by atoms with Crippen LogP contribution in [-0.4, -0.2) is 34.5 Å². The van der Waals surface area contributed by atoms with E-state index >= 15 is 0 Å². The van der Waals surface area contributed by atoms with Gasteiger partial charge in [0.25, 0.3) is 5.56 Å². The van der Waals surface area contributed by atoms with Gasteiger partial charge >= 0.3 is 0 Å². The Kier molecular flexibility index (Phi) is 6.60. The molecule has 2 aromatic heterocycles. The third-order valence-electron chi connectivity index (χ3n) is 7.80. The lowest BCUT2D eigenvalue weighted by atomic mass is 9.95. The molecule has 0 aliphatic heterocycles. The lowest BCUT2D eigenvalue weighted by molar-refractivity contribution is 0.404. The van der Waals surface area contributed by atoms with E-state index in [1.54, 1.807) is 18.9 Å². The van der Waals surface area contributed by atoms with Gasteiger partial charge in [0, 0.05) is 30.1 Å². The van der Waals surface area contributed by atoms with Gasteiger partial charge in [-0.1, -0.05) is 30.4 Å². The van der Waals surface area contributed by atoms with Crippen molar-refractivity contribution in [3.8, 4) is 28.4 Å². The number of fused-ring (bicyclic) bond motifs is 2. The monoisotopic (exact) mass is 541 g/mol. The molecule has 2 aliphatic rings. The largest absolute Gasteiger partial charge is 0.497 e. The molecule has 8 nitrogen and oxygen atoms in total. The van der Waals surface area contributed by atoms with Crippen molar-refractivity contribution in [1.82, 2.24) is 14.0 Å². The summed E-state index contributed by atoms with van der Waals surface area (Å²) in [7, 11) is 5.17. The Hall–Kier alpha value is -4.11. The summed E-state index contributed by atoms with van der Waals surface area (Å²) in [6, 6.07) is 15.3. The number of nitrogens with zero attached hydrogens (tertiary/aromatic N) is 5. The lowest BCUT2D eigenvalue weighted by Crippen LogP contribution is -2.20.